The maximum atomic E-state index is 6.79. The second kappa shape index (κ2) is 5.32. The molecule has 0 unspecified atom stereocenters. The summed E-state index contributed by atoms with van der Waals surface area (Å²) in [4.78, 5) is 0. The van der Waals surface area contributed by atoms with Crippen molar-refractivity contribution < 1.29 is 0 Å². The second-order valence-corrected chi connectivity index (χ2v) is 11.3. The molecule has 0 N–H and O–H groups in total. The molecule has 0 nitrogen and oxygen atoms in total. The summed E-state index contributed by atoms with van der Waals surface area (Å²) < 4.78 is 0. The summed E-state index contributed by atoms with van der Waals surface area (Å²) in [5, 5.41) is 2.16. The Morgan fingerprint density at radius 1 is 0.789 bits per heavy atom. The van der Waals surface area contributed by atoms with Gasteiger partial charge in [0.1, 0.15) is 0 Å². The van der Waals surface area contributed by atoms with Gasteiger partial charge < -0.3 is 0 Å². The van der Waals surface area contributed by atoms with Crippen molar-refractivity contribution in [1.82, 2.24) is 0 Å². The zero-order valence-electron chi connectivity index (χ0n) is 11.7. The zero-order valence-corrected chi connectivity index (χ0v) is 14.2. The summed E-state index contributed by atoms with van der Waals surface area (Å²) in [5.41, 5.74) is 5.10. The predicted molar refractivity (Wildman–Crippen MR) is 88.6 cm³/mol. The van der Waals surface area contributed by atoms with Crippen LogP contribution in [0.4, 0.5) is 0 Å². The molecule has 0 aromatic heterocycles. The van der Waals surface area contributed by atoms with Gasteiger partial charge in [-0.3, -0.25) is 0 Å². The SMILES string of the molecule is Cc1cc([Si](Cl)(Cl)c2ccccc2)c(C)c(C)c1C. The lowest BCUT2D eigenvalue weighted by atomic mass is 10.00. The fraction of sp³-hybridized carbons (Fsp3) is 0.250. The fourth-order valence-electron chi connectivity index (χ4n) is 2.34. The Kier molecular flexibility index (Phi) is 4.10. The lowest BCUT2D eigenvalue weighted by Gasteiger charge is -2.23. The van der Waals surface area contributed by atoms with Gasteiger partial charge in [0.05, 0.1) is 0 Å². The average molecular weight is 309 g/mol. The summed E-state index contributed by atoms with van der Waals surface area (Å²) in [6.45, 7) is 5.89. The maximum absolute atomic E-state index is 6.79. The molecule has 0 aliphatic rings. The van der Waals surface area contributed by atoms with Crippen LogP contribution in [0, 0.1) is 27.7 Å². The van der Waals surface area contributed by atoms with Crippen LogP contribution in [0.25, 0.3) is 0 Å². The summed E-state index contributed by atoms with van der Waals surface area (Å²) in [6.07, 6.45) is 0. The van der Waals surface area contributed by atoms with E-state index in [9.17, 15) is 0 Å². The van der Waals surface area contributed by atoms with Gasteiger partial charge in [-0.2, -0.15) is 0 Å². The highest BCUT2D eigenvalue weighted by molar-refractivity contribution is 7.56. The summed E-state index contributed by atoms with van der Waals surface area (Å²) in [6, 6.07) is 12.2. The van der Waals surface area contributed by atoms with E-state index in [4.69, 9.17) is 22.2 Å². The Bertz CT molecular complexity index is 604. The van der Waals surface area contributed by atoms with E-state index in [1.54, 1.807) is 0 Å². The molecule has 0 saturated carbocycles. The largest absolute Gasteiger partial charge is 0.310 e. The van der Waals surface area contributed by atoms with E-state index in [1.807, 2.05) is 30.3 Å². The number of aryl methyl sites for hydroxylation is 1. The first-order chi connectivity index (χ1) is 8.85. The van der Waals surface area contributed by atoms with Gasteiger partial charge in [0.2, 0.25) is 0 Å². The molecule has 0 atom stereocenters. The van der Waals surface area contributed by atoms with Crippen molar-refractivity contribution in [3.05, 3.63) is 58.7 Å². The van der Waals surface area contributed by atoms with Crippen molar-refractivity contribution in [2.75, 3.05) is 0 Å². The Labute approximate surface area is 125 Å². The fourth-order valence-corrected chi connectivity index (χ4v) is 6.25. The summed E-state index contributed by atoms with van der Waals surface area (Å²) in [5.74, 6) is 0. The standard InChI is InChI=1S/C16H18Cl2Si/c1-11-10-16(14(4)13(3)12(11)2)19(17,18)15-8-6-5-7-9-15/h5-10H,1-4H3. The number of hydrogen-bond acceptors (Lipinski definition) is 0. The first-order valence-corrected chi connectivity index (χ1v) is 10.4. The van der Waals surface area contributed by atoms with E-state index in [0.717, 1.165) is 10.4 Å². The molecule has 2 aromatic carbocycles. The van der Waals surface area contributed by atoms with Gasteiger partial charge in [-0.15, -0.1) is 22.2 Å². The van der Waals surface area contributed by atoms with Gasteiger partial charge >= 0.3 is 6.69 Å². The van der Waals surface area contributed by atoms with Crippen LogP contribution in [0.15, 0.2) is 36.4 Å². The molecule has 0 fully saturated rings. The highest BCUT2D eigenvalue weighted by Crippen LogP contribution is 2.22. The molecular weight excluding hydrogens is 291 g/mol. The third-order valence-electron chi connectivity index (χ3n) is 3.96. The number of halogens is 2. The molecule has 2 rings (SSSR count). The van der Waals surface area contributed by atoms with E-state index in [-0.39, 0.29) is 0 Å². The molecule has 0 saturated heterocycles. The Morgan fingerprint density at radius 3 is 1.95 bits per heavy atom. The van der Waals surface area contributed by atoms with Crippen LogP contribution >= 0.6 is 22.2 Å². The topological polar surface area (TPSA) is 0 Å². The molecule has 100 valence electrons. The third-order valence-corrected chi connectivity index (χ3v) is 8.74. The Hall–Kier alpha value is -0.763. The molecule has 3 heteroatoms. The molecular formula is C16H18Cl2Si. The van der Waals surface area contributed by atoms with Crippen LogP contribution in [0.2, 0.25) is 0 Å². The van der Waals surface area contributed by atoms with E-state index in [1.165, 1.54) is 22.3 Å². The van der Waals surface area contributed by atoms with Gasteiger partial charge in [-0.1, -0.05) is 36.4 Å². The quantitative estimate of drug-likeness (QED) is 0.582. The summed E-state index contributed by atoms with van der Waals surface area (Å²) in [7, 11) is 0. The van der Waals surface area contributed by atoms with Crippen LogP contribution < -0.4 is 10.4 Å². The van der Waals surface area contributed by atoms with Crippen molar-refractivity contribution >= 4 is 39.2 Å². The van der Waals surface area contributed by atoms with Gasteiger partial charge in [-0.25, -0.2) is 0 Å². The Morgan fingerprint density at radius 2 is 1.37 bits per heavy atom. The van der Waals surface area contributed by atoms with Gasteiger partial charge in [0.25, 0.3) is 0 Å². The van der Waals surface area contributed by atoms with Crippen molar-refractivity contribution in [3.8, 4) is 0 Å². The Balaban J connectivity index is 2.65. The minimum Gasteiger partial charge on any atom is -0.134 e. The first-order valence-electron chi connectivity index (χ1n) is 6.37. The number of benzene rings is 2. The molecule has 0 radical (unpaired) electrons. The molecule has 0 aliphatic heterocycles. The minimum atomic E-state index is -2.64. The van der Waals surface area contributed by atoms with Crippen molar-refractivity contribution in [2.24, 2.45) is 0 Å². The molecule has 0 spiro atoms. The molecule has 0 aliphatic carbocycles. The van der Waals surface area contributed by atoms with E-state index in [0.29, 0.717) is 0 Å². The molecule has 0 bridgehead atoms. The van der Waals surface area contributed by atoms with E-state index in [2.05, 4.69) is 33.8 Å². The van der Waals surface area contributed by atoms with Crippen LogP contribution in [-0.4, -0.2) is 6.69 Å². The van der Waals surface area contributed by atoms with Crippen molar-refractivity contribution in [2.45, 2.75) is 27.7 Å². The lowest BCUT2D eigenvalue weighted by Crippen LogP contribution is -2.50. The van der Waals surface area contributed by atoms with E-state index < -0.39 is 6.69 Å². The van der Waals surface area contributed by atoms with Gasteiger partial charge in [-0.05, 0) is 60.3 Å². The highest BCUT2D eigenvalue weighted by Gasteiger charge is 2.35. The second-order valence-electron chi connectivity index (χ2n) is 5.06. The average Bonchev–Trinajstić information content (AvgIpc) is 2.41. The third kappa shape index (κ3) is 2.60. The van der Waals surface area contributed by atoms with Gasteiger partial charge in [0, 0.05) is 0 Å². The van der Waals surface area contributed by atoms with Crippen molar-refractivity contribution in [3.63, 3.8) is 0 Å². The maximum Gasteiger partial charge on any atom is 0.310 e. The first kappa shape index (κ1) is 14.6. The van der Waals surface area contributed by atoms with Crippen LogP contribution in [0.1, 0.15) is 22.3 Å². The van der Waals surface area contributed by atoms with Crippen LogP contribution in [0.5, 0.6) is 0 Å². The molecule has 19 heavy (non-hydrogen) atoms. The lowest BCUT2D eigenvalue weighted by molar-refractivity contribution is 1.23. The highest BCUT2D eigenvalue weighted by atomic mass is 35.7. The van der Waals surface area contributed by atoms with Crippen LogP contribution in [0.3, 0.4) is 0 Å². The predicted octanol–water partition coefficient (Wildman–Crippen LogP) is 3.95. The monoisotopic (exact) mass is 308 g/mol. The smallest absolute Gasteiger partial charge is 0.134 e. The van der Waals surface area contributed by atoms with Crippen LogP contribution in [-0.2, 0) is 0 Å². The van der Waals surface area contributed by atoms with Gasteiger partial charge in [0.15, 0.2) is 0 Å². The molecule has 0 heterocycles. The molecule has 0 amide bonds. The normalized spacial score (nSPS) is 11.7. The number of rotatable bonds is 2. The number of hydrogen-bond donors (Lipinski definition) is 0. The summed E-state index contributed by atoms with van der Waals surface area (Å²) >= 11 is 13.6. The van der Waals surface area contributed by atoms with E-state index >= 15 is 0 Å². The molecule has 2 aromatic rings. The van der Waals surface area contributed by atoms with Crippen molar-refractivity contribution in [1.29, 1.82) is 0 Å². The zero-order chi connectivity index (χ0) is 14.2. The minimum absolute atomic E-state index is 1.05.